The van der Waals surface area contributed by atoms with Crippen molar-refractivity contribution >= 4 is 5.97 Å². The van der Waals surface area contributed by atoms with Gasteiger partial charge in [-0.3, -0.25) is 4.79 Å². The standard InChI is InChI=1S/C3H9N.C2H4O2/c1-4(2)3;1-2(3)4/h1-3H3;1H3,(H,3,4). The third-order valence-electron chi connectivity index (χ3n) is 0. The summed E-state index contributed by atoms with van der Waals surface area (Å²) in [7, 11) is 6.00. The Morgan fingerprint density at radius 3 is 1.38 bits per heavy atom. The largest absolute Gasteiger partial charge is 0.481 e. The van der Waals surface area contributed by atoms with E-state index >= 15 is 0 Å². The van der Waals surface area contributed by atoms with Crippen LogP contribution in [0, 0.1) is 0 Å². The molecule has 0 aromatic heterocycles. The molecule has 0 rings (SSSR count). The Hall–Kier alpha value is -0.570. The fourth-order valence-corrected chi connectivity index (χ4v) is 0. The van der Waals surface area contributed by atoms with Crippen molar-refractivity contribution in [3.63, 3.8) is 0 Å². The molecule has 8 heavy (non-hydrogen) atoms. The van der Waals surface area contributed by atoms with Crippen LogP contribution in [0.4, 0.5) is 0 Å². The summed E-state index contributed by atoms with van der Waals surface area (Å²) >= 11 is 0. The molecule has 3 nitrogen and oxygen atoms in total. The van der Waals surface area contributed by atoms with Crippen LogP contribution in [0.5, 0.6) is 0 Å². The molecule has 0 radical (unpaired) electrons. The third kappa shape index (κ3) is 328. The summed E-state index contributed by atoms with van der Waals surface area (Å²) in [6.07, 6.45) is 0. The molecule has 0 aromatic carbocycles. The van der Waals surface area contributed by atoms with Crippen LogP contribution in [-0.2, 0) is 4.79 Å². The van der Waals surface area contributed by atoms with E-state index in [-0.39, 0.29) is 0 Å². The van der Waals surface area contributed by atoms with Crippen molar-refractivity contribution in [1.29, 1.82) is 0 Å². The number of carboxylic acid groups (broad SMARTS) is 1. The van der Waals surface area contributed by atoms with Crippen LogP contribution in [0.2, 0.25) is 0 Å². The lowest BCUT2D eigenvalue weighted by molar-refractivity contribution is -0.134. The highest BCUT2D eigenvalue weighted by atomic mass is 16.4. The lowest BCUT2D eigenvalue weighted by Crippen LogP contribution is -1.99. The van der Waals surface area contributed by atoms with Gasteiger partial charge in [0.2, 0.25) is 0 Å². The number of aliphatic carboxylic acids is 1. The van der Waals surface area contributed by atoms with Crippen LogP contribution in [0.15, 0.2) is 0 Å². The Kier molecular flexibility index (Phi) is 8.37. The lowest BCUT2D eigenvalue weighted by atomic mass is 10.9. The quantitative estimate of drug-likeness (QED) is 0.497. The molecule has 0 amide bonds. The van der Waals surface area contributed by atoms with E-state index in [9.17, 15) is 0 Å². The van der Waals surface area contributed by atoms with Gasteiger partial charge in [-0.1, -0.05) is 0 Å². The first-order valence-electron chi connectivity index (χ1n) is 2.27. The molecule has 0 unspecified atom stereocenters. The summed E-state index contributed by atoms with van der Waals surface area (Å²) in [5, 5.41) is 7.42. The van der Waals surface area contributed by atoms with E-state index in [4.69, 9.17) is 9.90 Å². The maximum Gasteiger partial charge on any atom is 0.300 e. The Morgan fingerprint density at radius 2 is 1.38 bits per heavy atom. The van der Waals surface area contributed by atoms with Crippen molar-refractivity contribution in [3.8, 4) is 0 Å². The van der Waals surface area contributed by atoms with Gasteiger partial charge in [0.15, 0.2) is 0 Å². The van der Waals surface area contributed by atoms with Gasteiger partial charge in [-0.2, -0.15) is 0 Å². The van der Waals surface area contributed by atoms with Gasteiger partial charge in [0.1, 0.15) is 0 Å². The molecular formula is C5H13NO2. The first-order valence-corrected chi connectivity index (χ1v) is 2.27. The molecule has 0 aliphatic carbocycles. The van der Waals surface area contributed by atoms with Crippen LogP contribution < -0.4 is 0 Å². The van der Waals surface area contributed by atoms with Gasteiger partial charge in [-0.05, 0) is 21.1 Å². The molecule has 0 aliphatic heterocycles. The number of rotatable bonds is 0. The minimum Gasteiger partial charge on any atom is -0.481 e. The van der Waals surface area contributed by atoms with Crippen LogP contribution in [0.25, 0.3) is 0 Å². The van der Waals surface area contributed by atoms with E-state index in [0.29, 0.717) is 0 Å². The minimum atomic E-state index is -0.833. The molecule has 0 bridgehead atoms. The van der Waals surface area contributed by atoms with Crippen molar-refractivity contribution in [3.05, 3.63) is 0 Å². The summed E-state index contributed by atoms with van der Waals surface area (Å²) in [6, 6.07) is 0. The molecule has 0 saturated carbocycles. The molecule has 3 heteroatoms. The van der Waals surface area contributed by atoms with E-state index < -0.39 is 5.97 Å². The number of hydrogen-bond donors (Lipinski definition) is 1. The zero-order chi connectivity index (χ0) is 7.15. The maximum absolute atomic E-state index is 9.00. The minimum absolute atomic E-state index is 0.833. The van der Waals surface area contributed by atoms with Gasteiger partial charge in [-0.15, -0.1) is 0 Å². The van der Waals surface area contributed by atoms with Gasteiger partial charge in [0, 0.05) is 6.92 Å². The van der Waals surface area contributed by atoms with Crippen molar-refractivity contribution in [2.75, 3.05) is 21.1 Å². The third-order valence-corrected chi connectivity index (χ3v) is 0. The van der Waals surface area contributed by atoms with E-state index in [1.165, 1.54) is 0 Å². The molecule has 0 saturated heterocycles. The van der Waals surface area contributed by atoms with Crippen molar-refractivity contribution in [2.24, 2.45) is 0 Å². The predicted molar refractivity (Wildman–Crippen MR) is 32.9 cm³/mol. The molecule has 0 heterocycles. The fraction of sp³-hybridized carbons (Fsp3) is 0.800. The first-order chi connectivity index (χ1) is 3.46. The first kappa shape index (κ1) is 10.4. The van der Waals surface area contributed by atoms with E-state index in [0.717, 1.165) is 6.92 Å². The second kappa shape index (κ2) is 6.43. The molecule has 50 valence electrons. The molecule has 1 N–H and O–H groups in total. The van der Waals surface area contributed by atoms with Gasteiger partial charge in [-0.25, -0.2) is 0 Å². The van der Waals surface area contributed by atoms with Crippen LogP contribution in [-0.4, -0.2) is 37.1 Å². The van der Waals surface area contributed by atoms with Crippen LogP contribution in [0.1, 0.15) is 6.92 Å². The molecule has 0 spiro atoms. The maximum atomic E-state index is 9.00. The van der Waals surface area contributed by atoms with Crippen molar-refractivity contribution < 1.29 is 9.90 Å². The predicted octanol–water partition coefficient (Wildman–Crippen LogP) is 0.269. The van der Waals surface area contributed by atoms with Crippen LogP contribution in [0.3, 0.4) is 0 Å². The molecule has 0 aliphatic rings. The zero-order valence-electron chi connectivity index (χ0n) is 5.80. The Balaban J connectivity index is 0. The van der Waals surface area contributed by atoms with Crippen LogP contribution >= 0.6 is 0 Å². The topological polar surface area (TPSA) is 40.5 Å². The second-order valence-corrected chi connectivity index (χ2v) is 1.86. The molecular weight excluding hydrogens is 106 g/mol. The average molecular weight is 119 g/mol. The summed E-state index contributed by atoms with van der Waals surface area (Å²) in [5.41, 5.74) is 0. The summed E-state index contributed by atoms with van der Waals surface area (Å²) in [4.78, 5) is 11.0. The zero-order valence-corrected chi connectivity index (χ0v) is 5.80. The summed E-state index contributed by atoms with van der Waals surface area (Å²) in [6.45, 7) is 1.08. The smallest absolute Gasteiger partial charge is 0.300 e. The SMILES string of the molecule is CC(=O)O.CN(C)C. The van der Waals surface area contributed by atoms with E-state index in [1.54, 1.807) is 0 Å². The Labute approximate surface area is 49.9 Å². The molecule has 0 fully saturated rings. The highest BCUT2D eigenvalue weighted by Gasteiger charge is 1.65. The highest BCUT2D eigenvalue weighted by Crippen LogP contribution is 1.47. The summed E-state index contributed by atoms with van der Waals surface area (Å²) in [5.74, 6) is -0.833. The normalized spacial score (nSPS) is 7.62. The summed E-state index contributed by atoms with van der Waals surface area (Å²) < 4.78 is 0. The van der Waals surface area contributed by atoms with Gasteiger partial charge < -0.3 is 10.0 Å². The number of carboxylic acids is 1. The van der Waals surface area contributed by atoms with Gasteiger partial charge >= 0.3 is 0 Å². The molecule has 0 atom stereocenters. The number of nitrogens with zero attached hydrogens (tertiary/aromatic N) is 1. The Bertz CT molecular complexity index is 54.7. The second-order valence-electron chi connectivity index (χ2n) is 1.86. The molecule has 0 aromatic rings. The van der Waals surface area contributed by atoms with Gasteiger partial charge in [0.05, 0.1) is 0 Å². The van der Waals surface area contributed by atoms with E-state index in [1.807, 2.05) is 26.0 Å². The van der Waals surface area contributed by atoms with Gasteiger partial charge in [0.25, 0.3) is 5.97 Å². The highest BCUT2D eigenvalue weighted by molar-refractivity contribution is 5.62. The lowest BCUT2D eigenvalue weighted by Gasteiger charge is -1.90. The Morgan fingerprint density at radius 1 is 1.38 bits per heavy atom. The van der Waals surface area contributed by atoms with E-state index in [2.05, 4.69) is 0 Å². The number of carbonyl (C=O) groups is 1. The average Bonchev–Trinajstić information content (AvgIpc) is 1.25. The fourth-order valence-electron chi connectivity index (χ4n) is 0. The van der Waals surface area contributed by atoms with Crippen molar-refractivity contribution in [2.45, 2.75) is 6.92 Å². The van der Waals surface area contributed by atoms with Crippen molar-refractivity contribution in [1.82, 2.24) is 4.90 Å². The number of hydrogen-bond acceptors (Lipinski definition) is 2. The monoisotopic (exact) mass is 119 g/mol.